The minimum Gasteiger partial charge on any atom is -0.394 e. The fourth-order valence-electron chi connectivity index (χ4n) is 2.35. The second-order valence-corrected chi connectivity index (χ2v) is 4.83. The topological polar surface area (TPSA) is 91.2 Å². The average Bonchev–Trinajstić information content (AvgIpc) is 2.48. The van der Waals surface area contributed by atoms with Gasteiger partial charge >= 0.3 is 0 Å². The molecule has 1 aromatic rings. The largest absolute Gasteiger partial charge is 0.394 e. The van der Waals surface area contributed by atoms with Crippen molar-refractivity contribution in [2.24, 2.45) is 0 Å². The summed E-state index contributed by atoms with van der Waals surface area (Å²) in [5.41, 5.74) is 1.04. The lowest BCUT2D eigenvalue weighted by molar-refractivity contribution is -0.271. The zero-order valence-electron chi connectivity index (χ0n) is 11.3. The van der Waals surface area contributed by atoms with Crippen LogP contribution in [-0.2, 0) is 16.0 Å². The first-order valence-electron chi connectivity index (χ1n) is 6.60. The summed E-state index contributed by atoms with van der Waals surface area (Å²) in [6, 6.07) is 9.02. The number of rotatable bonds is 5. The lowest BCUT2D eigenvalue weighted by Crippen LogP contribution is -2.63. The summed E-state index contributed by atoms with van der Waals surface area (Å²) in [6.07, 6.45) is -3.67. The molecule has 0 aliphatic carbocycles. The lowest BCUT2D eigenvalue weighted by atomic mass is 9.96. The van der Waals surface area contributed by atoms with E-state index < -0.39 is 30.6 Å². The van der Waals surface area contributed by atoms with Crippen molar-refractivity contribution in [1.29, 1.82) is 0 Å². The Morgan fingerprint density at radius 2 is 1.90 bits per heavy atom. The zero-order valence-corrected chi connectivity index (χ0v) is 11.3. The van der Waals surface area contributed by atoms with Crippen LogP contribution < -0.4 is 5.32 Å². The van der Waals surface area contributed by atoms with Crippen molar-refractivity contribution in [3.63, 3.8) is 0 Å². The molecule has 112 valence electrons. The van der Waals surface area contributed by atoms with Gasteiger partial charge in [-0.25, -0.2) is 0 Å². The van der Waals surface area contributed by atoms with Gasteiger partial charge in [0.2, 0.25) is 0 Å². The molecule has 5 atom stereocenters. The van der Waals surface area contributed by atoms with Gasteiger partial charge in [-0.15, -0.1) is 0 Å². The monoisotopic (exact) mass is 283 g/mol. The van der Waals surface area contributed by atoms with E-state index in [-0.39, 0.29) is 6.61 Å². The summed E-state index contributed by atoms with van der Waals surface area (Å²) in [6.45, 7) is 0.158. The molecule has 4 N–H and O–H groups in total. The summed E-state index contributed by atoms with van der Waals surface area (Å²) >= 11 is 0. The molecule has 1 saturated heterocycles. The molecule has 6 nitrogen and oxygen atoms in total. The highest BCUT2D eigenvalue weighted by Crippen LogP contribution is 2.21. The molecule has 0 spiro atoms. The predicted octanol–water partition coefficient (Wildman–Crippen LogP) is -0.770. The van der Waals surface area contributed by atoms with Crippen LogP contribution in [0.25, 0.3) is 0 Å². The van der Waals surface area contributed by atoms with Gasteiger partial charge in [-0.2, -0.15) is 0 Å². The summed E-state index contributed by atoms with van der Waals surface area (Å²) < 4.78 is 10.3. The van der Waals surface area contributed by atoms with E-state index in [9.17, 15) is 15.3 Å². The van der Waals surface area contributed by atoms with Crippen molar-refractivity contribution in [3.05, 3.63) is 35.9 Å². The van der Waals surface area contributed by atoms with E-state index in [1.807, 2.05) is 30.3 Å². The molecule has 20 heavy (non-hydrogen) atoms. The van der Waals surface area contributed by atoms with Gasteiger partial charge in [0.05, 0.1) is 12.6 Å². The number of aliphatic hydroxyl groups excluding tert-OH is 3. The highest BCUT2D eigenvalue weighted by molar-refractivity contribution is 5.14. The Labute approximate surface area is 118 Å². The Kier molecular flexibility index (Phi) is 5.47. The molecule has 1 fully saturated rings. The third-order valence-electron chi connectivity index (χ3n) is 3.50. The number of hydrogen-bond donors (Lipinski definition) is 4. The quantitative estimate of drug-likeness (QED) is 0.567. The van der Waals surface area contributed by atoms with E-state index in [4.69, 9.17) is 9.47 Å². The number of methoxy groups -OCH3 is 1. The molecule has 1 aliphatic heterocycles. The molecule has 2 rings (SSSR count). The molecule has 1 aliphatic rings. The summed E-state index contributed by atoms with van der Waals surface area (Å²) in [5, 5.41) is 32.6. The van der Waals surface area contributed by atoms with Gasteiger partial charge in [0.25, 0.3) is 0 Å². The maximum atomic E-state index is 10.1. The SMILES string of the molecule is CO[C@H]1O[C@H](CO)[C@@H](O)[C@@H](NCc2ccccc2)[C@@H]1O. The van der Waals surface area contributed by atoms with E-state index in [1.165, 1.54) is 7.11 Å². The predicted molar refractivity (Wildman–Crippen MR) is 71.8 cm³/mol. The minimum atomic E-state index is -1.01. The van der Waals surface area contributed by atoms with Crippen molar-refractivity contribution in [1.82, 2.24) is 5.32 Å². The third-order valence-corrected chi connectivity index (χ3v) is 3.50. The molecule has 0 unspecified atom stereocenters. The van der Waals surface area contributed by atoms with E-state index >= 15 is 0 Å². The average molecular weight is 283 g/mol. The number of ether oxygens (including phenoxy) is 2. The molecule has 0 amide bonds. The van der Waals surface area contributed by atoms with Crippen molar-refractivity contribution >= 4 is 0 Å². The maximum Gasteiger partial charge on any atom is 0.185 e. The molecule has 0 saturated carbocycles. The molecular weight excluding hydrogens is 262 g/mol. The van der Waals surface area contributed by atoms with Gasteiger partial charge < -0.3 is 30.1 Å². The number of benzene rings is 1. The maximum absolute atomic E-state index is 10.1. The molecule has 0 radical (unpaired) electrons. The first-order chi connectivity index (χ1) is 9.67. The standard InChI is InChI=1S/C14H21NO5/c1-19-14-13(18)11(12(17)10(8-16)20-14)15-7-9-5-3-2-4-6-9/h2-6,10-18H,7-8H2,1H3/t10-,11-,12-,13+,14+/m1/s1. The van der Waals surface area contributed by atoms with E-state index in [0.29, 0.717) is 6.54 Å². The molecule has 1 aromatic carbocycles. The Balaban J connectivity index is 2.02. The number of nitrogens with one attached hydrogen (secondary N) is 1. The Morgan fingerprint density at radius 1 is 1.20 bits per heavy atom. The van der Waals surface area contributed by atoms with Crippen molar-refractivity contribution < 1.29 is 24.8 Å². The fraction of sp³-hybridized carbons (Fsp3) is 0.571. The number of aliphatic hydroxyl groups is 3. The third kappa shape index (κ3) is 3.35. The van der Waals surface area contributed by atoms with Crippen molar-refractivity contribution in [2.75, 3.05) is 13.7 Å². The van der Waals surface area contributed by atoms with Gasteiger partial charge in [0.1, 0.15) is 18.3 Å². The van der Waals surface area contributed by atoms with Gasteiger partial charge in [0, 0.05) is 13.7 Å². The van der Waals surface area contributed by atoms with Crippen LogP contribution in [0.15, 0.2) is 30.3 Å². The molecule has 0 aromatic heterocycles. The highest BCUT2D eigenvalue weighted by atomic mass is 16.7. The fourth-order valence-corrected chi connectivity index (χ4v) is 2.35. The number of hydrogen-bond acceptors (Lipinski definition) is 6. The minimum absolute atomic E-state index is 0.336. The van der Waals surface area contributed by atoms with Gasteiger partial charge in [-0.05, 0) is 5.56 Å². The normalized spacial score (nSPS) is 34.1. The zero-order chi connectivity index (χ0) is 14.5. The van der Waals surface area contributed by atoms with Crippen LogP contribution in [0, 0.1) is 0 Å². The second kappa shape index (κ2) is 7.12. The van der Waals surface area contributed by atoms with Crippen molar-refractivity contribution in [2.45, 2.75) is 37.2 Å². The second-order valence-electron chi connectivity index (χ2n) is 4.83. The first kappa shape index (κ1) is 15.4. The summed E-state index contributed by atoms with van der Waals surface area (Å²) in [5.74, 6) is 0. The van der Waals surface area contributed by atoms with Crippen LogP contribution in [0.4, 0.5) is 0 Å². The van der Waals surface area contributed by atoms with Gasteiger partial charge in [-0.1, -0.05) is 30.3 Å². The summed E-state index contributed by atoms with van der Waals surface area (Å²) in [7, 11) is 1.41. The van der Waals surface area contributed by atoms with Crippen LogP contribution in [0.1, 0.15) is 5.56 Å². The Bertz CT molecular complexity index is 386. The van der Waals surface area contributed by atoms with Gasteiger partial charge in [-0.3, -0.25) is 0 Å². The van der Waals surface area contributed by atoms with E-state index in [1.54, 1.807) is 0 Å². The molecule has 0 bridgehead atoms. The Hall–Kier alpha value is -1.02. The van der Waals surface area contributed by atoms with E-state index in [2.05, 4.69) is 5.32 Å². The Morgan fingerprint density at radius 3 is 2.50 bits per heavy atom. The highest BCUT2D eigenvalue weighted by Gasteiger charge is 2.44. The van der Waals surface area contributed by atoms with Crippen LogP contribution >= 0.6 is 0 Å². The molecule has 6 heteroatoms. The lowest BCUT2D eigenvalue weighted by Gasteiger charge is -2.42. The van der Waals surface area contributed by atoms with Crippen LogP contribution in [0.2, 0.25) is 0 Å². The van der Waals surface area contributed by atoms with Crippen LogP contribution in [-0.4, -0.2) is 59.7 Å². The molecule has 1 heterocycles. The first-order valence-corrected chi connectivity index (χ1v) is 6.60. The van der Waals surface area contributed by atoms with Crippen LogP contribution in [0.5, 0.6) is 0 Å². The van der Waals surface area contributed by atoms with E-state index in [0.717, 1.165) is 5.56 Å². The smallest absolute Gasteiger partial charge is 0.185 e. The summed E-state index contributed by atoms with van der Waals surface area (Å²) in [4.78, 5) is 0. The van der Waals surface area contributed by atoms with Crippen LogP contribution in [0.3, 0.4) is 0 Å². The van der Waals surface area contributed by atoms with Gasteiger partial charge in [0.15, 0.2) is 6.29 Å². The molecular formula is C14H21NO5. The van der Waals surface area contributed by atoms with Crippen molar-refractivity contribution in [3.8, 4) is 0 Å².